The summed E-state index contributed by atoms with van der Waals surface area (Å²) in [5.41, 5.74) is 2.08. The van der Waals surface area contributed by atoms with Crippen LogP contribution in [0.5, 0.6) is 0 Å². The molecule has 1 amide bonds. The molecular weight excluding hydrogens is 148 g/mol. The molecule has 0 aromatic carbocycles. The molecule has 0 aromatic rings. The summed E-state index contributed by atoms with van der Waals surface area (Å²) in [6.45, 7) is 6.17. The Morgan fingerprint density at radius 1 is 1.60 bits per heavy atom. The van der Waals surface area contributed by atoms with Gasteiger partial charge in [-0.25, -0.2) is 5.84 Å². The minimum absolute atomic E-state index is 0.125. The number of nitrogens with one attached hydrogen (secondary N) is 1. The van der Waals surface area contributed by atoms with Gasteiger partial charge in [-0.3, -0.25) is 10.2 Å². The number of carbonyl (C=O) groups is 1. The molecule has 0 aliphatic heterocycles. The molecule has 0 heterocycles. The van der Waals surface area contributed by atoms with E-state index in [1.165, 1.54) is 0 Å². The van der Waals surface area contributed by atoms with Crippen LogP contribution in [0, 0.1) is 0 Å². The van der Waals surface area contributed by atoms with Crippen molar-refractivity contribution in [2.45, 2.75) is 25.5 Å². The molecule has 4 heteroatoms. The fraction of sp³-hybridized carbons (Fsp3) is 0.833. The van der Waals surface area contributed by atoms with Crippen molar-refractivity contribution in [3.63, 3.8) is 0 Å². The van der Waals surface area contributed by atoms with Gasteiger partial charge in [0.05, 0.1) is 5.75 Å². The summed E-state index contributed by atoms with van der Waals surface area (Å²) in [7, 11) is 0. The van der Waals surface area contributed by atoms with Gasteiger partial charge in [-0.15, -0.1) is 11.8 Å². The number of hydrogen-bond acceptors (Lipinski definition) is 3. The van der Waals surface area contributed by atoms with E-state index in [1.54, 1.807) is 11.8 Å². The first kappa shape index (κ1) is 9.78. The Bertz CT molecular complexity index is 119. The average molecular weight is 162 g/mol. The highest BCUT2D eigenvalue weighted by molar-refractivity contribution is 8.01. The Balaban J connectivity index is 3.46. The molecule has 0 rings (SSSR count). The van der Waals surface area contributed by atoms with E-state index in [1.807, 2.05) is 0 Å². The zero-order valence-electron chi connectivity index (χ0n) is 6.60. The summed E-state index contributed by atoms with van der Waals surface area (Å²) in [5, 5.41) is 0. The Kier molecular flexibility index (Phi) is 3.75. The van der Waals surface area contributed by atoms with E-state index in [-0.39, 0.29) is 10.7 Å². The van der Waals surface area contributed by atoms with E-state index in [0.29, 0.717) is 5.75 Å². The van der Waals surface area contributed by atoms with Crippen LogP contribution in [0.1, 0.15) is 20.8 Å². The molecule has 0 aliphatic carbocycles. The maximum Gasteiger partial charge on any atom is 0.243 e. The third-order valence-electron chi connectivity index (χ3n) is 0.797. The summed E-state index contributed by atoms with van der Waals surface area (Å²) in [6, 6.07) is 0. The lowest BCUT2D eigenvalue weighted by molar-refractivity contribution is -0.118. The van der Waals surface area contributed by atoms with Gasteiger partial charge in [0.2, 0.25) is 5.91 Å². The van der Waals surface area contributed by atoms with E-state index >= 15 is 0 Å². The number of carbonyl (C=O) groups excluding carboxylic acids is 1. The highest BCUT2D eigenvalue weighted by atomic mass is 32.2. The van der Waals surface area contributed by atoms with E-state index < -0.39 is 0 Å². The zero-order valence-corrected chi connectivity index (χ0v) is 7.42. The molecule has 0 saturated carbocycles. The van der Waals surface area contributed by atoms with Gasteiger partial charge in [0.25, 0.3) is 0 Å². The van der Waals surface area contributed by atoms with Gasteiger partial charge in [0, 0.05) is 4.75 Å². The summed E-state index contributed by atoms with van der Waals surface area (Å²) in [5.74, 6) is 5.19. The second-order valence-electron chi connectivity index (χ2n) is 2.97. The standard InChI is InChI=1S/C6H14N2OS/c1-6(2,3)10-4-5(9)8-7/h4,7H2,1-3H3,(H,8,9). The lowest BCUT2D eigenvalue weighted by Gasteiger charge is -2.16. The molecule has 10 heavy (non-hydrogen) atoms. The smallest absolute Gasteiger partial charge is 0.243 e. The van der Waals surface area contributed by atoms with Gasteiger partial charge >= 0.3 is 0 Å². The number of hydrazine groups is 1. The van der Waals surface area contributed by atoms with Crippen molar-refractivity contribution in [1.29, 1.82) is 0 Å². The van der Waals surface area contributed by atoms with Crippen LogP contribution in [-0.2, 0) is 4.79 Å². The first-order valence-corrected chi connectivity index (χ1v) is 4.07. The van der Waals surface area contributed by atoms with E-state index in [2.05, 4.69) is 26.2 Å². The van der Waals surface area contributed by atoms with E-state index in [4.69, 9.17) is 5.84 Å². The second-order valence-corrected chi connectivity index (χ2v) is 4.77. The van der Waals surface area contributed by atoms with Crippen LogP contribution in [-0.4, -0.2) is 16.4 Å². The Morgan fingerprint density at radius 3 is 2.40 bits per heavy atom. The summed E-state index contributed by atoms with van der Waals surface area (Å²) < 4.78 is 0.131. The summed E-state index contributed by atoms with van der Waals surface area (Å²) in [4.78, 5) is 10.6. The molecular formula is C6H14N2OS. The summed E-state index contributed by atoms with van der Waals surface area (Å²) in [6.07, 6.45) is 0. The number of amides is 1. The molecule has 0 bridgehead atoms. The van der Waals surface area contributed by atoms with Crippen LogP contribution < -0.4 is 11.3 Å². The zero-order chi connectivity index (χ0) is 8.20. The lowest BCUT2D eigenvalue weighted by atomic mass is 10.3. The Morgan fingerprint density at radius 2 is 2.10 bits per heavy atom. The fourth-order valence-electron chi connectivity index (χ4n) is 0.324. The third-order valence-corrected chi connectivity index (χ3v) is 2.07. The van der Waals surface area contributed by atoms with Crippen LogP contribution in [0.2, 0.25) is 0 Å². The molecule has 0 saturated heterocycles. The first-order valence-electron chi connectivity index (χ1n) is 3.09. The molecule has 60 valence electrons. The molecule has 3 N–H and O–H groups in total. The third kappa shape index (κ3) is 5.91. The maximum atomic E-state index is 10.6. The molecule has 0 aromatic heterocycles. The van der Waals surface area contributed by atoms with Crippen LogP contribution in [0.3, 0.4) is 0 Å². The molecule has 0 fully saturated rings. The number of hydrogen-bond donors (Lipinski definition) is 2. The number of rotatable bonds is 2. The van der Waals surface area contributed by atoms with Gasteiger partial charge in [0.15, 0.2) is 0 Å². The monoisotopic (exact) mass is 162 g/mol. The van der Waals surface area contributed by atoms with Crippen LogP contribution >= 0.6 is 11.8 Å². The Labute approximate surface area is 65.7 Å². The first-order chi connectivity index (χ1) is 4.45. The van der Waals surface area contributed by atoms with Gasteiger partial charge < -0.3 is 0 Å². The molecule has 0 aliphatic rings. The second kappa shape index (κ2) is 3.83. The summed E-state index contributed by atoms with van der Waals surface area (Å²) >= 11 is 1.57. The van der Waals surface area contributed by atoms with Crippen LogP contribution in [0.25, 0.3) is 0 Å². The van der Waals surface area contributed by atoms with Gasteiger partial charge in [-0.1, -0.05) is 20.8 Å². The largest absolute Gasteiger partial charge is 0.294 e. The molecule has 0 atom stereocenters. The van der Waals surface area contributed by atoms with E-state index in [9.17, 15) is 4.79 Å². The van der Waals surface area contributed by atoms with Crippen molar-refractivity contribution < 1.29 is 4.79 Å². The number of nitrogens with two attached hydrogens (primary N) is 1. The van der Waals surface area contributed by atoms with Crippen molar-refractivity contribution in [2.24, 2.45) is 5.84 Å². The van der Waals surface area contributed by atoms with Crippen molar-refractivity contribution in [1.82, 2.24) is 5.43 Å². The molecule has 0 unspecified atom stereocenters. The minimum Gasteiger partial charge on any atom is -0.294 e. The average Bonchev–Trinajstić information content (AvgIpc) is 1.81. The highest BCUT2D eigenvalue weighted by Gasteiger charge is 2.12. The lowest BCUT2D eigenvalue weighted by Crippen LogP contribution is -2.32. The quantitative estimate of drug-likeness (QED) is 0.353. The van der Waals surface area contributed by atoms with Crippen molar-refractivity contribution in [3.05, 3.63) is 0 Å². The fourth-order valence-corrected chi connectivity index (χ4v) is 0.971. The molecule has 0 radical (unpaired) electrons. The van der Waals surface area contributed by atoms with Crippen molar-refractivity contribution in [2.75, 3.05) is 5.75 Å². The topological polar surface area (TPSA) is 55.1 Å². The predicted octanol–water partition coefficient (Wildman–Crippen LogP) is 0.508. The number of thioether (sulfide) groups is 1. The van der Waals surface area contributed by atoms with Crippen molar-refractivity contribution in [3.8, 4) is 0 Å². The van der Waals surface area contributed by atoms with E-state index in [0.717, 1.165) is 0 Å². The van der Waals surface area contributed by atoms with Gasteiger partial charge in [-0.2, -0.15) is 0 Å². The Hall–Kier alpha value is -0.220. The SMILES string of the molecule is CC(C)(C)SCC(=O)NN. The maximum absolute atomic E-state index is 10.6. The highest BCUT2D eigenvalue weighted by Crippen LogP contribution is 2.22. The molecule has 3 nitrogen and oxygen atoms in total. The molecule has 0 spiro atoms. The normalized spacial score (nSPS) is 11.2. The van der Waals surface area contributed by atoms with Crippen LogP contribution in [0.4, 0.5) is 0 Å². The predicted molar refractivity (Wildman–Crippen MR) is 44.5 cm³/mol. The van der Waals surface area contributed by atoms with Gasteiger partial charge in [0.1, 0.15) is 0 Å². The van der Waals surface area contributed by atoms with Gasteiger partial charge in [-0.05, 0) is 0 Å². The van der Waals surface area contributed by atoms with Crippen molar-refractivity contribution >= 4 is 17.7 Å². The minimum atomic E-state index is -0.125. The van der Waals surface area contributed by atoms with Crippen LogP contribution in [0.15, 0.2) is 0 Å².